The summed E-state index contributed by atoms with van der Waals surface area (Å²) >= 11 is 0. The van der Waals surface area contributed by atoms with Crippen molar-refractivity contribution in [1.82, 2.24) is 0 Å². The number of nitrogens with one attached hydrogen (secondary N) is 1. The van der Waals surface area contributed by atoms with Crippen LogP contribution >= 0.6 is 0 Å². The molecule has 2 rings (SSSR count). The van der Waals surface area contributed by atoms with Crippen LogP contribution < -0.4 is 15.8 Å². The summed E-state index contributed by atoms with van der Waals surface area (Å²) in [7, 11) is 0. The summed E-state index contributed by atoms with van der Waals surface area (Å²) in [6.45, 7) is 5.67. The summed E-state index contributed by atoms with van der Waals surface area (Å²) in [5, 5.41) is 2.71. The Labute approximate surface area is 135 Å². The first-order valence-corrected chi connectivity index (χ1v) is 7.31. The van der Waals surface area contributed by atoms with Crippen LogP contribution in [0.2, 0.25) is 0 Å². The van der Waals surface area contributed by atoms with Gasteiger partial charge in [-0.3, -0.25) is 9.59 Å². The summed E-state index contributed by atoms with van der Waals surface area (Å²) in [5.74, 6) is -0.202. The largest absolute Gasteiger partial charge is 0.481 e. The summed E-state index contributed by atoms with van der Waals surface area (Å²) < 4.78 is 5.66. The van der Waals surface area contributed by atoms with Crippen LogP contribution in [0.5, 0.6) is 5.75 Å². The van der Waals surface area contributed by atoms with Gasteiger partial charge < -0.3 is 15.8 Å². The maximum atomic E-state index is 12.2. The quantitative estimate of drug-likeness (QED) is 0.890. The smallest absolute Gasteiger partial charge is 0.265 e. The molecule has 0 heterocycles. The van der Waals surface area contributed by atoms with Crippen molar-refractivity contribution >= 4 is 17.5 Å². The summed E-state index contributed by atoms with van der Waals surface area (Å²) in [6.07, 6.45) is -0.672. The molecule has 2 amide bonds. The van der Waals surface area contributed by atoms with Crippen molar-refractivity contribution in [2.24, 2.45) is 5.73 Å². The SMILES string of the molecule is Cc1ccc(O[C@H](C)C(=O)Nc2cccc(C(N)=O)c2)cc1C. The third kappa shape index (κ3) is 4.32. The minimum atomic E-state index is -0.672. The van der Waals surface area contributed by atoms with Gasteiger partial charge in [0, 0.05) is 11.3 Å². The predicted octanol–water partition coefficient (Wildman–Crippen LogP) is 2.81. The van der Waals surface area contributed by atoms with Crippen molar-refractivity contribution in [3.05, 3.63) is 59.2 Å². The maximum Gasteiger partial charge on any atom is 0.265 e. The van der Waals surface area contributed by atoms with Crippen molar-refractivity contribution in [2.75, 3.05) is 5.32 Å². The topological polar surface area (TPSA) is 81.4 Å². The summed E-state index contributed by atoms with van der Waals surface area (Å²) in [4.78, 5) is 23.4. The van der Waals surface area contributed by atoms with Gasteiger partial charge in [0.15, 0.2) is 6.10 Å². The summed E-state index contributed by atoms with van der Waals surface area (Å²) in [5.41, 5.74) is 8.33. The van der Waals surface area contributed by atoms with E-state index in [1.165, 1.54) is 6.07 Å². The lowest BCUT2D eigenvalue weighted by atomic mass is 10.1. The van der Waals surface area contributed by atoms with Gasteiger partial charge in [-0.15, -0.1) is 0 Å². The number of aryl methyl sites for hydroxylation is 2. The highest BCUT2D eigenvalue weighted by Crippen LogP contribution is 2.18. The van der Waals surface area contributed by atoms with E-state index in [2.05, 4.69) is 5.32 Å². The van der Waals surface area contributed by atoms with Gasteiger partial charge in [0.25, 0.3) is 5.91 Å². The standard InChI is InChI=1S/C18H20N2O3/c1-11-7-8-16(9-12(11)2)23-13(3)18(22)20-15-6-4-5-14(10-15)17(19)21/h4-10,13H,1-3H3,(H2,19,21)(H,20,22)/t13-/m1/s1. The molecule has 23 heavy (non-hydrogen) atoms. The van der Waals surface area contributed by atoms with Crippen LogP contribution in [0.1, 0.15) is 28.4 Å². The second kappa shape index (κ2) is 6.96. The molecule has 1 atom stereocenters. The van der Waals surface area contributed by atoms with Gasteiger partial charge >= 0.3 is 0 Å². The van der Waals surface area contributed by atoms with E-state index in [-0.39, 0.29) is 5.91 Å². The third-order valence-electron chi connectivity index (χ3n) is 3.58. The molecule has 0 spiro atoms. The second-order valence-electron chi connectivity index (χ2n) is 5.44. The number of carbonyl (C=O) groups is 2. The zero-order chi connectivity index (χ0) is 17.0. The minimum absolute atomic E-state index is 0.301. The zero-order valence-corrected chi connectivity index (χ0v) is 13.4. The summed E-state index contributed by atoms with van der Waals surface area (Å²) in [6, 6.07) is 12.1. The van der Waals surface area contributed by atoms with Gasteiger partial charge in [0.2, 0.25) is 5.91 Å². The van der Waals surface area contributed by atoms with Gasteiger partial charge in [-0.2, -0.15) is 0 Å². The number of carbonyl (C=O) groups excluding carboxylic acids is 2. The normalized spacial score (nSPS) is 11.6. The molecular weight excluding hydrogens is 292 g/mol. The highest BCUT2D eigenvalue weighted by molar-refractivity contribution is 5.97. The maximum absolute atomic E-state index is 12.2. The molecule has 0 aromatic heterocycles. The number of rotatable bonds is 5. The number of hydrogen-bond donors (Lipinski definition) is 2. The number of primary amides is 1. The van der Waals surface area contributed by atoms with Gasteiger partial charge in [-0.05, 0) is 62.2 Å². The monoisotopic (exact) mass is 312 g/mol. The average molecular weight is 312 g/mol. The Bertz CT molecular complexity index is 741. The minimum Gasteiger partial charge on any atom is -0.481 e. The van der Waals surface area contributed by atoms with Crippen molar-refractivity contribution in [1.29, 1.82) is 0 Å². The lowest BCUT2D eigenvalue weighted by molar-refractivity contribution is -0.122. The Balaban J connectivity index is 2.03. The Morgan fingerprint density at radius 1 is 1.09 bits per heavy atom. The molecule has 0 fully saturated rings. The molecule has 2 aromatic rings. The molecule has 5 nitrogen and oxygen atoms in total. The van der Waals surface area contributed by atoms with Crippen molar-refractivity contribution in [3.8, 4) is 5.75 Å². The first-order valence-electron chi connectivity index (χ1n) is 7.31. The zero-order valence-electron chi connectivity index (χ0n) is 13.4. The molecule has 5 heteroatoms. The van der Waals surface area contributed by atoms with Crippen LogP contribution in [0.4, 0.5) is 5.69 Å². The van der Waals surface area contributed by atoms with Gasteiger partial charge in [-0.1, -0.05) is 12.1 Å². The van der Waals surface area contributed by atoms with Crippen molar-refractivity contribution in [2.45, 2.75) is 26.9 Å². The number of benzene rings is 2. The van der Waals surface area contributed by atoms with E-state index in [9.17, 15) is 9.59 Å². The molecule has 0 bridgehead atoms. The molecule has 0 aliphatic rings. The van der Waals surface area contributed by atoms with E-state index in [1.807, 2.05) is 32.0 Å². The fourth-order valence-electron chi connectivity index (χ4n) is 2.04. The molecule has 120 valence electrons. The number of hydrogen-bond acceptors (Lipinski definition) is 3. The van der Waals surface area contributed by atoms with Crippen LogP contribution in [0.25, 0.3) is 0 Å². The van der Waals surface area contributed by atoms with Crippen molar-refractivity contribution < 1.29 is 14.3 Å². The van der Waals surface area contributed by atoms with E-state index in [0.717, 1.165) is 11.1 Å². The average Bonchev–Trinajstić information content (AvgIpc) is 2.51. The van der Waals surface area contributed by atoms with Crippen molar-refractivity contribution in [3.63, 3.8) is 0 Å². The third-order valence-corrected chi connectivity index (χ3v) is 3.58. The van der Waals surface area contributed by atoms with Crippen LogP contribution in [-0.2, 0) is 4.79 Å². The van der Waals surface area contributed by atoms with E-state index < -0.39 is 12.0 Å². The lowest BCUT2D eigenvalue weighted by Gasteiger charge is -2.16. The molecule has 3 N–H and O–H groups in total. The number of ether oxygens (including phenoxy) is 1. The molecule has 0 unspecified atom stereocenters. The lowest BCUT2D eigenvalue weighted by Crippen LogP contribution is -2.30. The number of nitrogens with two attached hydrogens (primary N) is 1. The Morgan fingerprint density at radius 2 is 1.83 bits per heavy atom. The molecule has 0 aliphatic carbocycles. The first-order chi connectivity index (χ1) is 10.9. The molecule has 0 aliphatic heterocycles. The van der Waals surface area contributed by atoms with E-state index in [4.69, 9.17) is 10.5 Å². The highest BCUT2D eigenvalue weighted by atomic mass is 16.5. The van der Waals surface area contributed by atoms with E-state index in [0.29, 0.717) is 17.0 Å². The van der Waals surface area contributed by atoms with Gasteiger partial charge in [0.05, 0.1) is 0 Å². The van der Waals surface area contributed by atoms with Crippen LogP contribution in [0.15, 0.2) is 42.5 Å². The fourth-order valence-corrected chi connectivity index (χ4v) is 2.04. The second-order valence-corrected chi connectivity index (χ2v) is 5.44. The Hall–Kier alpha value is -2.82. The predicted molar refractivity (Wildman–Crippen MR) is 89.6 cm³/mol. The van der Waals surface area contributed by atoms with Crippen LogP contribution in [0.3, 0.4) is 0 Å². The molecule has 0 saturated carbocycles. The number of anilines is 1. The Morgan fingerprint density at radius 3 is 2.48 bits per heavy atom. The van der Waals surface area contributed by atoms with E-state index in [1.54, 1.807) is 25.1 Å². The number of amides is 2. The first kappa shape index (κ1) is 16.5. The molecular formula is C18H20N2O3. The fraction of sp³-hybridized carbons (Fsp3) is 0.222. The Kier molecular flexibility index (Phi) is 5.01. The van der Waals surface area contributed by atoms with E-state index >= 15 is 0 Å². The van der Waals surface area contributed by atoms with Crippen LogP contribution in [-0.4, -0.2) is 17.9 Å². The highest BCUT2D eigenvalue weighted by Gasteiger charge is 2.15. The van der Waals surface area contributed by atoms with Crippen LogP contribution in [0, 0.1) is 13.8 Å². The molecule has 2 aromatic carbocycles. The molecule has 0 radical (unpaired) electrons. The molecule has 0 saturated heterocycles. The van der Waals surface area contributed by atoms with Gasteiger partial charge in [0.1, 0.15) is 5.75 Å². The van der Waals surface area contributed by atoms with Gasteiger partial charge in [-0.25, -0.2) is 0 Å².